The van der Waals surface area contributed by atoms with Crippen LogP contribution in [0.4, 0.5) is 0 Å². The molecule has 1 aliphatic carbocycles. The Labute approximate surface area is 102 Å². The molecule has 1 saturated carbocycles. The average molecular weight is 242 g/mol. The quantitative estimate of drug-likeness (QED) is 0.714. The Kier molecular flexibility index (Phi) is 3.43. The van der Waals surface area contributed by atoms with Gasteiger partial charge in [-0.25, -0.2) is 0 Å². The Hall–Kier alpha value is -0.650. The van der Waals surface area contributed by atoms with Crippen LogP contribution in [0.15, 0.2) is 0 Å². The van der Waals surface area contributed by atoms with Crippen molar-refractivity contribution in [3.8, 4) is 0 Å². The monoisotopic (exact) mass is 242 g/mol. The van der Waals surface area contributed by atoms with Crippen molar-refractivity contribution in [1.29, 1.82) is 0 Å². The number of morpholine rings is 1. The topological polar surface area (TPSA) is 75.8 Å². The lowest BCUT2D eigenvalue weighted by Gasteiger charge is -2.39. The predicted octanol–water partition coefficient (Wildman–Crippen LogP) is -0.278. The van der Waals surface area contributed by atoms with E-state index < -0.39 is 5.54 Å². The van der Waals surface area contributed by atoms with E-state index in [2.05, 4.69) is 0 Å². The molecule has 0 aromatic heterocycles. The minimum absolute atomic E-state index is 0.00593. The van der Waals surface area contributed by atoms with Gasteiger partial charge < -0.3 is 20.5 Å². The summed E-state index contributed by atoms with van der Waals surface area (Å²) < 4.78 is 5.52. The van der Waals surface area contributed by atoms with E-state index in [4.69, 9.17) is 15.6 Å². The van der Waals surface area contributed by atoms with Crippen LogP contribution in [0.2, 0.25) is 0 Å². The minimum Gasteiger partial charge on any atom is -0.394 e. The molecule has 0 spiro atoms. The van der Waals surface area contributed by atoms with Gasteiger partial charge in [0.1, 0.15) is 0 Å². The molecule has 3 N–H and O–H groups in total. The van der Waals surface area contributed by atoms with E-state index in [1.54, 1.807) is 4.90 Å². The van der Waals surface area contributed by atoms with E-state index >= 15 is 0 Å². The molecule has 2 rings (SSSR count). The van der Waals surface area contributed by atoms with Crippen LogP contribution in [-0.2, 0) is 9.53 Å². The second kappa shape index (κ2) is 4.55. The minimum atomic E-state index is -0.753. The van der Waals surface area contributed by atoms with Crippen molar-refractivity contribution in [3.05, 3.63) is 0 Å². The lowest BCUT2D eigenvalue weighted by molar-refractivity contribution is -0.152. The molecule has 2 fully saturated rings. The van der Waals surface area contributed by atoms with Crippen LogP contribution in [0, 0.1) is 5.92 Å². The molecule has 2 aliphatic rings. The van der Waals surface area contributed by atoms with Crippen LogP contribution in [0.5, 0.6) is 0 Å². The van der Waals surface area contributed by atoms with Gasteiger partial charge in [-0.2, -0.15) is 0 Å². The van der Waals surface area contributed by atoms with Crippen molar-refractivity contribution in [2.75, 3.05) is 19.7 Å². The van der Waals surface area contributed by atoms with Crippen LogP contribution in [0.25, 0.3) is 0 Å². The van der Waals surface area contributed by atoms with E-state index in [0.717, 1.165) is 12.8 Å². The molecule has 5 nitrogen and oxygen atoms in total. The van der Waals surface area contributed by atoms with Crippen LogP contribution < -0.4 is 5.73 Å². The molecule has 3 unspecified atom stereocenters. The van der Waals surface area contributed by atoms with Gasteiger partial charge in [-0.05, 0) is 32.6 Å². The van der Waals surface area contributed by atoms with Gasteiger partial charge in [-0.15, -0.1) is 0 Å². The number of carbonyl (C=O) groups is 1. The highest BCUT2D eigenvalue weighted by Gasteiger charge is 2.47. The number of hydrogen-bond acceptors (Lipinski definition) is 4. The summed E-state index contributed by atoms with van der Waals surface area (Å²) in [6, 6.07) is 0. The predicted molar refractivity (Wildman–Crippen MR) is 63.3 cm³/mol. The summed E-state index contributed by atoms with van der Waals surface area (Å²) in [5.74, 6) is 0.314. The number of carbonyl (C=O) groups excluding carboxylic acids is 1. The molecule has 1 saturated heterocycles. The Morgan fingerprint density at radius 2 is 2.18 bits per heavy atom. The Balaban J connectivity index is 2.03. The molecule has 3 atom stereocenters. The summed E-state index contributed by atoms with van der Waals surface area (Å²) in [6.07, 6.45) is 1.77. The number of rotatable bonds is 3. The lowest BCUT2D eigenvalue weighted by Crippen LogP contribution is -2.60. The third-order valence-corrected chi connectivity index (χ3v) is 3.70. The van der Waals surface area contributed by atoms with Crippen LogP contribution in [0.3, 0.4) is 0 Å². The standard InChI is InChI=1S/C12H22N2O3/c1-8-5-14(6-10(7-15)17-8)11(16)12(2,13)9-3-4-9/h8-10,15H,3-7,13H2,1-2H3. The highest BCUT2D eigenvalue weighted by molar-refractivity contribution is 5.86. The fraction of sp³-hybridized carbons (Fsp3) is 0.917. The van der Waals surface area contributed by atoms with Crippen molar-refractivity contribution in [2.45, 2.75) is 44.4 Å². The highest BCUT2D eigenvalue weighted by Crippen LogP contribution is 2.39. The molecule has 17 heavy (non-hydrogen) atoms. The van der Waals surface area contributed by atoms with E-state index in [1.165, 1.54) is 0 Å². The molecule has 1 amide bonds. The maximum Gasteiger partial charge on any atom is 0.242 e. The number of ether oxygens (including phenoxy) is 1. The normalized spacial score (nSPS) is 33.3. The first-order valence-corrected chi connectivity index (χ1v) is 6.29. The first-order valence-electron chi connectivity index (χ1n) is 6.29. The summed E-state index contributed by atoms with van der Waals surface area (Å²) in [4.78, 5) is 14.1. The molecular formula is C12H22N2O3. The number of aliphatic hydroxyl groups is 1. The summed E-state index contributed by atoms with van der Waals surface area (Å²) in [5.41, 5.74) is 5.38. The molecule has 0 bridgehead atoms. The zero-order chi connectivity index (χ0) is 12.6. The van der Waals surface area contributed by atoms with E-state index in [-0.39, 0.29) is 24.7 Å². The molecular weight excluding hydrogens is 220 g/mol. The third kappa shape index (κ3) is 2.61. The van der Waals surface area contributed by atoms with Gasteiger partial charge in [0, 0.05) is 13.1 Å². The molecule has 98 valence electrons. The van der Waals surface area contributed by atoms with Crippen LogP contribution in [-0.4, -0.2) is 53.4 Å². The van der Waals surface area contributed by atoms with Gasteiger partial charge in [0.25, 0.3) is 0 Å². The van der Waals surface area contributed by atoms with Gasteiger partial charge in [-0.1, -0.05) is 0 Å². The SMILES string of the molecule is CC1CN(C(=O)C(C)(N)C2CC2)CC(CO)O1. The summed E-state index contributed by atoms with van der Waals surface area (Å²) in [6.45, 7) is 4.68. The maximum absolute atomic E-state index is 12.4. The summed E-state index contributed by atoms with van der Waals surface area (Å²) in [7, 11) is 0. The molecule has 0 aromatic carbocycles. The zero-order valence-electron chi connectivity index (χ0n) is 10.6. The Morgan fingerprint density at radius 1 is 1.53 bits per heavy atom. The first-order chi connectivity index (χ1) is 7.95. The van der Waals surface area contributed by atoms with Crippen LogP contribution in [0.1, 0.15) is 26.7 Å². The maximum atomic E-state index is 12.4. The van der Waals surface area contributed by atoms with E-state index in [9.17, 15) is 4.79 Å². The van der Waals surface area contributed by atoms with Gasteiger partial charge in [0.05, 0.1) is 24.4 Å². The first kappa shape index (κ1) is 12.8. The molecule has 5 heteroatoms. The molecule has 1 heterocycles. The number of aliphatic hydroxyl groups excluding tert-OH is 1. The third-order valence-electron chi connectivity index (χ3n) is 3.70. The fourth-order valence-electron chi connectivity index (χ4n) is 2.51. The fourth-order valence-corrected chi connectivity index (χ4v) is 2.51. The second-order valence-corrected chi connectivity index (χ2v) is 5.52. The second-order valence-electron chi connectivity index (χ2n) is 5.52. The molecule has 1 aliphatic heterocycles. The van der Waals surface area contributed by atoms with Crippen molar-refractivity contribution >= 4 is 5.91 Å². The summed E-state index contributed by atoms with van der Waals surface area (Å²) >= 11 is 0. The van der Waals surface area contributed by atoms with Gasteiger partial charge in [0.2, 0.25) is 5.91 Å². The smallest absolute Gasteiger partial charge is 0.242 e. The van der Waals surface area contributed by atoms with E-state index in [0.29, 0.717) is 19.0 Å². The Morgan fingerprint density at radius 3 is 2.71 bits per heavy atom. The summed E-state index contributed by atoms with van der Waals surface area (Å²) in [5, 5.41) is 9.14. The zero-order valence-corrected chi connectivity index (χ0v) is 10.6. The van der Waals surface area contributed by atoms with Crippen molar-refractivity contribution in [2.24, 2.45) is 11.7 Å². The van der Waals surface area contributed by atoms with Gasteiger partial charge in [-0.3, -0.25) is 4.79 Å². The number of nitrogens with two attached hydrogens (primary N) is 1. The Bertz CT molecular complexity index is 302. The number of nitrogens with zero attached hydrogens (tertiary/aromatic N) is 1. The molecule has 0 radical (unpaired) electrons. The van der Waals surface area contributed by atoms with Gasteiger partial charge in [0.15, 0.2) is 0 Å². The van der Waals surface area contributed by atoms with E-state index in [1.807, 2.05) is 13.8 Å². The van der Waals surface area contributed by atoms with Gasteiger partial charge >= 0.3 is 0 Å². The van der Waals surface area contributed by atoms with Crippen molar-refractivity contribution in [3.63, 3.8) is 0 Å². The average Bonchev–Trinajstić information content (AvgIpc) is 3.11. The van der Waals surface area contributed by atoms with Crippen molar-refractivity contribution in [1.82, 2.24) is 4.90 Å². The molecule has 0 aromatic rings. The van der Waals surface area contributed by atoms with Crippen molar-refractivity contribution < 1.29 is 14.6 Å². The number of hydrogen-bond donors (Lipinski definition) is 2. The number of amides is 1. The van der Waals surface area contributed by atoms with Crippen LogP contribution >= 0.6 is 0 Å². The lowest BCUT2D eigenvalue weighted by atomic mass is 9.94. The highest BCUT2D eigenvalue weighted by atomic mass is 16.5. The largest absolute Gasteiger partial charge is 0.394 e.